The van der Waals surface area contributed by atoms with E-state index in [1.807, 2.05) is 0 Å². The first kappa shape index (κ1) is 30.6. The van der Waals surface area contributed by atoms with Crippen molar-refractivity contribution in [3.8, 4) is 11.5 Å². The summed E-state index contributed by atoms with van der Waals surface area (Å²) in [6.45, 7) is 4.06. The topological polar surface area (TPSA) is 162 Å². The maximum Gasteiger partial charge on any atom is 0.590 e. The second-order valence-electron chi connectivity index (χ2n) is 8.58. The van der Waals surface area contributed by atoms with Gasteiger partial charge in [0, 0.05) is 27.7 Å². The second kappa shape index (κ2) is 13.9. The van der Waals surface area contributed by atoms with Crippen molar-refractivity contribution in [1.82, 2.24) is 5.32 Å². The summed E-state index contributed by atoms with van der Waals surface area (Å²) in [4.78, 5) is 47.8. The molecule has 1 heterocycles. The van der Waals surface area contributed by atoms with Crippen molar-refractivity contribution < 1.29 is 56.3 Å². The summed E-state index contributed by atoms with van der Waals surface area (Å²) in [6.07, 6.45) is -5.75. The molecule has 216 valence electrons. The van der Waals surface area contributed by atoms with Gasteiger partial charge in [0.2, 0.25) is 5.91 Å². The minimum absolute atomic E-state index is 0.124. The van der Waals surface area contributed by atoms with Crippen LogP contribution in [0.1, 0.15) is 27.7 Å². The van der Waals surface area contributed by atoms with E-state index in [0.717, 1.165) is 20.8 Å². The van der Waals surface area contributed by atoms with Crippen LogP contribution in [-0.2, 0) is 47.2 Å². The maximum absolute atomic E-state index is 14.1. The molecular formula is C26H30NO12P. The Bertz CT molecular complexity index is 1180. The molecule has 2 aromatic carbocycles. The molecule has 0 bridgehead atoms. The van der Waals surface area contributed by atoms with Crippen LogP contribution in [-0.4, -0.2) is 61.1 Å². The summed E-state index contributed by atoms with van der Waals surface area (Å²) in [5, 5.41) is 2.53. The Morgan fingerprint density at radius 2 is 1.27 bits per heavy atom. The van der Waals surface area contributed by atoms with Gasteiger partial charge < -0.3 is 33.3 Å². The molecule has 1 N–H and O–H groups in total. The molecule has 0 aliphatic carbocycles. The molecule has 1 amide bonds. The minimum Gasteiger partial charge on any atom is -0.463 e. The van der Waals surface area contributed by atoms with Crippen molar-refractivity contribution in [3.63, 3.8) is 0 Å². The summed E-state index contributed by atoms with van der Waals surface area (Å²) >= 11 is 0. The number of rotatable bonds is 11. The van der Waals surface area contributed by atoms with Crippen LogP contribution in [0.25, 0.3) is 0 Å². The number of carbonyl (C=O) groups is 4. The number of phosphoric acid groups is 1. The number of ether oxygens (including phenoxy) is 4. The Hall–Kier alpha value is -3.93. The van der Waals surface area contributed by atoms with E-state index in [9.17, 15) is 23.7 Å². The predicted molar refractivity (Wildman–Crippen MR) is 137 cm³/mol. The molecule has 1 fully saturated rings. The van der Waals surface area contributed by atoms with E-state index in [2.05, 4.69) is 5.32 Å². The van der Waals surface area contributed by atoms with Gasteiger partial charge in [0.25, 0.3) is 0 Å². The number of carbonyl (C=O) groups excluding carboxylic acids is 4. The monoisotopic (exact) mass is 579 g/mol. The van der Waals surface area contributed by atoms with Gasteiger partial charge in [-0.15, -0.1) is 0 Å². The maximum atomic E-state index is 14.1. The van der Waals surface area contributed by atoms with Gasteiger partial charge in [-0.25, -0.2) is 9.09 Å². The molecule has 5 atom stereocenters. The van der Waals surface area contributed by atoms with Gasteiger partial charge in [-0.3, -0.25) is 19.2 Å². The van der Waals surface area contributed by atoms with Crippen molar-refractivity contribution in [3.05, 3.63) is 60.7 Å². The lowest BCUT2D eigenvalue weighted by atomic mass is 9.96. The molecule has 0 aromatic heterocycles. The molecule has 1 aliphatic rings. The lowest BCUT2D eigenvalue weighted by Gasteiger charge is -2.44. The van der Waals surface area contributed by atoms with Crippen LogP contribution in [0.4, 0.5) is 0 Å². The van der Waals surface area contributed by atoms with Gasteiger partial charge in [-0.05, 0) is 24.3 Å². The molecule has 1 aliphatic heterocycles. The Kier molecular flexibility index (Phi) is 10.7. The predicted octanol–water partition coefficient (Wildman–Crippen LogP) is 2.93. The number of nitrogens with one attached hydrogen (secondary N) is 1. The first-order chi connectivity index (χ1) is 19.0. The number of hydrogen-bond donors (Lipinski definition) is 1. The van der Waals surface area contributed by atoms with Crippen molar-refractivity contribution in [2.75, 3.05) is 6.61 Å². The summed E-state index contributed by atoms with van der Waals surface area (Å²) < 4.78 is 53.0. The number of phosphoric ester groups is 1. The third-order valence-corrected chi connectivity index (χ3v) is 6.56. The molecule has 3 rings (SSSR count). The van der Waals surface area contributed by atoms with Gasteiger partial charge in [0.15, 0.2) is 18.5 Å². The molecule has 0 spiro atoms. The number of hydrogen-bond acceptors (Lipinski definition) is 12. The van der Waals surface area contributed by atoms with Gasteiger partial charge in [0.05, 0.1) is 0 Å². The lowest BCUT2D eigenvalue weighted by molar-refractivity contribution is -0.259. The second-order valence-corrected chi connectivity index (χ2v) is 10.1. The number of esters is 3. The molecule has 0 saturated carbocycles. The first-order valence-corrected chi connectivity index (χ1v) is 13.6. The van der Waals surface area contributed by atoms with E-state index in [1.165, 1.54) is 31.2 Å². The zero-order chi connectivity index (χ0) is 29.3. The van der Waals surface area contributed by atoms with Crippen molar-refractivity contribution in [1.29, 1.82) is 0 Å². The van der Waals surface area contributed by atoms with E-state index < -0.39 is 68.9 Å². The largest absolute Gasteiger partial charge is 0.590 e. The van der Waals surface area contributed by atoms with E-state index >= 15 is 0 Å². The van der Waals surface area contributed by atoms with Gasteiger partial charge in [0.1, 0.15) is 30.3 Å². The van der Waals surface area contributed by atoms with Crippen LogP contribution < -0.4 is 14.4 Å². The van der Waals surface area contributed by atoms with Gasteiger partial charge in [-0.1, -0.05) is 36.4 Å². The zero-order valence-corrected chi connectivity index (χ0v) is 23.1. The molecule has 13 nitrogen and oxygen atoms in total. The van der Waals surface area contributed by atoms with Crippen molar-refractivity contribution in [2.24, 2.45) is 0 Å². The summed E-state index contributed by atoms with van der Waals surface area (Å²) in [7, 11) is -4.62. The molecular weight excluding hydrogens is 549 g/mol. The van der Waals surface area contributed by atoms with E-state index in [-0.39, 0.29) is 11.5 Å². The average Bonchev–Trinajstić information content (AvgIpc) is 2.86. The third-order valence-electron chi connectivity index (χ3n) is 5.23. The van der Waals surface area contributed by atoms with E-state index in [1.54, 1.807) is 36.4 Å². The summed E-state index contributed by atoms with van der Waals surface area (Å²) in [5.74, 6) is -2.61. The zero-order valence-electron chi connectivity index (χ0n) is 22.2. The highest BCUT2D eigenvalue weighted by Crippen LogP contribution is 2.52. The summed E-state index contributed by atoms with van der Waals surface area (Å²) in [6, 6.07) is 14.6. The number of para-hydroxylation sites is 2. The fraction of sp³-hybridized carbons (Fsp3) is 0.385. The van der Waals surface area contributed by atoms with Crippen LogP contribution >= 0.6 is 7.82 Å². The molecule has 0 unspecified atom stereocenters. The SMILES string of the molecule is CC(=O)N[C@H]1[C@@H](OP(=O)(Oc2ccccc2)Oc2ccccc2)O[C@H](COC(C)=O)[C@@H](OC(C)=O)[C@@H]1OC(C)=O. The standard InChI is InChI=1S/C26H30NO12P/c1-16(28)27-23-25(35-19(4)31)24(34-18(3)30)22(15-33-17(2)29)36-26(23)39-40(32,37-20-11-7-5-8-12-20)38-21-13-9-6-10-14-21/h5-14,22-26H,15H2,1-4H3,(H,27,28)/t22-,23-,24-,25-,26-/m1/s1. The minimum atomic E-state index is -4.62. The number of amides is 1. The van der Waals surface area contributed by atoms with Crippen LogP contribution in [0.15, 0.2) is 60.7 Å². The Balaban J connectivity index is 2.05. The first-order valence-electron chi connectivity index (χ1n) is 12.1. The van der Waals surface area contributed by atoms with Crippen molar-refractivity contribution >= 4 is 31.6 Å². The fourth-order valence-electron chi connectivity index (χ4n) is 3.79. The fourth-order valence-corrected chi connectivity index (χ4v) is 5.11. The smallest absolute Gasteiger partial charge is 0.463 e. The molecule has 40 heavy (non-hydrogen) atoms. The highest BCUT2D eigenvalue weighted by atomic mass is 31.2. The molecule has 0 radical (unpaired) electrons. The highest BCUT2D eigenvalue weighted by Gasteiger charge is 2.54. The van der Waals surface area contributed by atoms with Gasteiger partial charge >= 0.3 is 25.7 Å². The highest BCUT2D eigenvalue weighted by molar-refractivity contribution is 7.49. The van der Waals surface area contributed by atoms with Crippen LogP contribution in [0.3, 0.4) is 0 Å². The molecule has 2 aromatic rings. The van der Waals surface area contributed by atoms with E-state index in [0.29, 0.717) is 0 Å². The molecule has 14 heteroatoms. The van der Waals surface area contributed by atoms with E-state index in [4.69, 9.17) is 32.5 Å². The number of benzene rings is 2. The normalized spacial score (nSPS) is 22.4. The van der Waals surface area contributed by atoms with Crippen LogP contribution in [0.2, 0.25) is 0 Å². The van der Waals surface area contributed by atoms with Crippen LogP contribution in [0.5, 0.6) is 11.5 Å². The third kappa shape index (κ3) is 9.08. The van der Waals surface area contributed by atoms with Crippen LogP contribution in [0, 0.1) is 0 Å². The summed E-state index contributed by atoms with van der Waals surface area (Å²) in [5.41, 5.74) is 0. The Labute approximate surface area is 230 Å². The average molecular weight is 579 g/mol. The molecule has 1 saturated heterocycles. The van der Waals surface area contributed by atoms with Gasteiger partial charge in [-0.2, -0.15) is 0 Å². The quantitative estimate of drug-likeness (QED) is 0.236. The lowest BCUT2D eigenvalue weighted by Crippen LogP contribution is -2.66. The Morgan fingerprint density at radius 3 is 1.73 bits per heavy atom. The van der Waals surface area contributed by atoms with Crippen molar-refractivity contribution in [2.45, 2.75) is 58.3 Å². The Morgan fingerprint density at radius 1 is 0.775 bits per heavy atom.